The number of anilines is 1. The number of nitrogens with one attached hydrogen (secondary N) is 2. The summed E-state index contributed by atoms with van der Waals surface area (Å²) in [6.07, 6.45) is 0. The van der Waals surface area contributed by atoms with E-state index in [4.69, 9.17) is 23.2 Å². The lowest BCUT2D eigenvalue weighted by Crippen LogP contribution is -2.22. The number of carbonyl (C=O) groups excluding carboxylic acids is 1. The van der Waals surface area contributed by atoms with Gasteiger partial charge in [0, 0.05) is 16.1 Å². The maximum Gasteiger partial charge on any atom is 0.261 e. The topological polar surface area (TPSA) is 75.3 Å². The van der Waals surface area contributed by atoms with E-state index in [0.29, 0.717) is 12.1 Å². The molecule has 3 aromatic rings. The van der Waals surface area contributed by atoms with Crippen LogP contribution in [0.1, 0.15) is 15.2 Å². The minimum atomic E-state index is -3.87. The second kappa shape index (κ2) is 8.31. The third-order valence-corrected chi connectivity index (χ3v) is 6.58. The smallest absolute Gasteiger partial charge is 0.261 e. The molecule has 0 fully saturated rings. The first kappa shape index (κ1) is 19.7. The Bertz CT molecular complexity index is 1070. The van der Waals surface area contributed by atoms with Crippen LogP contribution in [0, 0.1) is 0 Å². The van der Waals surface area contributed by atoms with Crippen molar-refractivity contribution in [3.63, 3.8) is 0 Å². The van der Waals surface area contributed by atoms with Gasteiger partial charge in [-0.2, -0.15) is 0 Å². The van der Waals surface area contributed by atoms with Crippen LogP contribution in [0.4, 0.5) is 5.69 Å². The highest BCUT2D eigenvalue weighted by Crippen LogP contribution is 2.26. The molecular weight excluding hydrogens is 427 g/mol. The Morgan fingerprint density at radius 1 is 1.00 bits per heavy atom. The standard InChI is InChI=1S/C18H14Cl2N2O3S2/c19-16-7-6-15(10-17(16)20)27(24,25)22-13-4-1-3-12(9-13)18(23)21-11-14-5-2-8-26-14/h1-10,22H,11H2,(H,21,23). The number of sulfonamides is 1. The summed E-state index contributed by atoms with van der Waals surface area (Å²) in [6, 6.07) is 14.1. The van der Waals surface area contributed by atoms with Crippen molar-refractivity contribution in [3.05, 3.63) is 80.5 Å². The van der Waals surface area contributed by atoms with Crippen LogP contribution in [-0.4, -0.2) is 14.3 Å². The van der Waals surface area contributed by atoms with Gasteiger partial charge in [0.1, 0.15) is 0 Å². The highest BCUT2D eigenvalue weighted by molar-refractivity contribution is 7.92. The van der Waals surface area contributed by atoms with Crippen molar-refractivity contribution in [3.8, 4) is 0 Å². The van der Waals surface area contributed by atoms with Crippen molar-refractivity contribution in [2.75, 3.05) is 4.72 Å². The van der Waals surface area contributed by atoms with E-state index in [2.05, 4.69) is 10.0 Å². The average Bonchev–Trinajstić information content (AvgIpc) is 3.15. The van der Waals surface area contributed by atoms with E-state index in [0.717, 1.165) is 4.88 Å². The highest BCUT2D eigenvalue weighted by Gasteiger charge is 2.16. The van der Waals surface area contributed by atoms with Gasteiger partial charge in [-0.1, -0.05) is 35.3 Å². The lowest BCUT2D eigenvalue weighted by atomic mass is 10.2. The van der Waals surface area contributed by atoms with E-state index in [-0.39, 0.29) is 26.5 Å². The Morgan fingerprint density at radius 2 is 1.81 bits per heavy atom. The van der Waals surface area contributed by atoms with Crippen LogP contribution in [-0.2, 0) is 16.6 Å². The largest absolute Gasteiger partial charge is 0.347 e. The van der Waals surface area contributed by atoms with Gasteiger partial charge in [0.2, 0.25) is 0 Å². The molecule has 0 saturated carbocycles. The molecule has 0 unspecified atom stereocenters. The molecule has 140 valence electrons. The molecule has 0 aliphatic heterocycles. The molecule has 5 nitrogen and oxygen atoms in total. The molecule has 2 N–H and O–H groups in total. The zero-order chi connectivity index (χ0) is 19.4. The van der Waals surface area contributed by atoms with Crippen LogP contribution >= 0.6 is 34.5 Å². The predicted octanol–water partition coefficient (Wildman–Crippen LogP) is 4.79. The van der Waals surface area contributed by atoms with Gasteiger partial charge in [0.05, 0.1) is 21.5 Å². The summed E-state index contributed by atoms with van der Waals surface area (Å²) in [7, 11) is -3.87. The quantitative estimate of drug-likeness (QED) is 0.578. The van der Waals surface area contributed by atoms with Crippen molar-refractivity contribution < 1.29 is 13.2 Å². The van der Waals surface area contributed by atoms with Gasteiger partial charge >= 0.3 is 0 Å². The molecule has 0 saturated heterocycles. The number of carbonyl (C=O) groups is 1. The zero-order valence-corrected chi connectivity index (χ0v) is 16.9. The van der Waals surface area contributed by atoms with Crippen LogP contribution in [0.2, 0.25) is 10.0 Å². The van der Waals surface area contributed by atoms with Gasteiger partial charge in [-0.3, -0.25) is 9.52 Å². The number of hydrogen-bond donors (Lipinski definition) is 2. The second-order valence-corrected chi connectivity index (χ2v) is 9.05. The molecule has 27 heavy (non-hydrogen) atoms. The maximum atomic E-state index is 12.5. The lowest BCUT2D eigenvalue weighted by Gasteiger charge is -2.10. The molecule has 1 heterocycles. The number of hydrogen-bond acceptors (Lipinski definition) is 4. The summed E-state index contributed by atoms with van der Waals surface area (Å²) in [5.74, 6) is -0.293. The van der Waals surface area contributed by atoms with Crippen molar-refractivity contribution >= 4 is 56.2 Å². The predicted molar refractivity (Wildman–Crippen MR) is 109 cm³/mol. The SMILES string of the molecule is O=C(NCc1cccs1)c1cccc(NS(=O)(=O)c2ccc(Cl)c(Cl)c2)c1. The fourth-order valence-corrected chi connectivity index (χ4v) is 4.35. The number of amides is 1. The number of thiophene rings is 1. The fourth-order valence-electron chi connectivity index (χ4n) is 2.26. The van der Waals surface area contributed by atoms with Crippen LogP contribution in [0.3, 0.4) is 0 Å². The van der Waals surface area contributed by atoms with E-state index in [1.54, 1.807) is 29.5 Å². The molecule has 0 bridgehead atoms. The van der Waals surface area contributed by atoms with E-state index in [1.807, 2.05) is 17.5 Å². The molecular formula is C18H14Cl2N2O3S2. The van der Waals surface area contributed by atoms with Crippen molar-refractivity contribution in [1.82, 2.24) is 5.32 Å². The molecule has 9 heteroatoms. The minimum absolute atomic E-state index is 0.0237. The molecule has 0 aliphatic rings. The van der Waals surface area contributed by atoms with Crippen LogP contribution in [0.25, 0.3) is 0 Å². The number of benzene rings is 2. The molecule has 0 atom stereocenters. The Hall–Kier alpha value is -2.06. The zero-order valence-electron chi connectivity index (χ0n) is 13.8. The molecule has 1 aromatic heterocycles. The number of rotatable bonds is 6. The third kappa shape index (κ3) is 5.01. The summed E-state index contributed by atoms with van der Waals surface area (Å²) >= 11 is 13.3. The van der Waals surface area contributed by atoms with Crippen molar-refractivity contribution in [1.29, 1.82) is 0 Å². The van der Waals surface area contributed by atoms with Gasteiger partial charge in [0.15, 0.2) is 0 Å². The first-order chi connectivity index (χ1) is 12.8. The lowest BCUT2D eigenvalue weighted by molar-refractivity contribution is 0.0951. The monoisotopic (exact) mass is 440 g/mol. The minimum Gasteiger partial charge on any atom is -0.347 e. The van der Waals surface area contributed by atoms with Crippen LogP contribution in [0.15, 0.2) is 64.9 Å². The molecule has 0 aliphatic carbocycles. The summed E-state index contributed by atoms with van der Waals surface area (Å²) in [6.45, 7) is 0.412. The first-order valence-corrected chi connectivity index (χ1v) is 10.9. The highest BCUT2D eigenvalue weighted by atomic mass is 35.5. The van der Waals surface area contributed by atoms with E-state index < -0.39 is 10.0 Å². The second-order valence-electron chi connectivity index (χ2n) is 5.52. The summed E-state index contributed by atoms with van der Waals surface area (Å²) in [5, 5.41) is 5.13. The van der Waals surface area contributed by atoms with Gasteiger partial charge < -0.3 is 5.32 Å². The Balaban J connectivity index is 1.74. The average molecular weight is 441 g/mol. The van der Waals surface area contributed by atoms with Gasteiger partial charge in [-0.15, -0.1) is 11.3 Å². The van der Waals surface area contributed by atoms with Gasteiger partial charge in [0.25, 0.3) is 15.9 Å². The molecule has 2 aromatic carbocycles. The van der Waals surface area contributed by atoms with E-state index in [1.165, 1.54) is 24.3 Å². The summed E-state index contributed by atoms with van der Waals surface area (Å²) in [4.78, 5) is 13.3. The summed E-state index contributed by atoms with van der Waals surface area (Å²) in [5.41, 5.74) is 0.616. The molecule has 0 radical (unpaired) electrons. The summed E-state index contributed by atoms with van der Waals surface area (Å²) < 4.78 is 27.5. The van der Waals surface area contributed by atoms with Gasteiger partial charge in [-0.05, 0) is 47.8 Å². The molecule has 0 spiro atoms. The van der Waals surface area contributed by atoms with E-state index in [9.17, 15) is 13.2 Å². The third-order valence-electron chi connectivity index (χ3n) is 3.58. The van der Waals surface area contributed by atoms with Crippen molar-refractivity contribution in [2.24, 2.45) is 0 Å². The van der Waals surface area contributed by atoms with E-state index >= 15 is 0 Å². The van der Waals surface area contributed by atoms with Crippen LogP contribution in [0.5, 0.6) is 0 Å². The molecule has 3 rings (SSSR count). The first-order valence-electron chi connectivity index (χ1n) is 7.74. The Kier molecular flexibility index (Phi) is 6.06. The number of halogens is 2. The fraction of sp³-hybridized carbons (Fsp3) is 0.0556. The Labute approximate surface area is 171 Å². The van der Waals surface area contributed by atoms with Gasteiger partial charge in [-0.25, -0.2) is 8.42 Å². The Morgan fingerprint density at radius 3 is 2.52 bits per heavy atom. The van der Waals surface area contributed by atoms with Crippen LogP contribution < -0.4 is 10.0 Å². The maximum absolute atomic E-state index is 12.5. The van der Waals surface area contributed by atoms with Crippen molar-refractivity contribution in [2.45, 2.75) is 11.4 Å². The molecule has 1 amide bonds. The normalized spacial score (nSPS) is 11.2.